The molecule has 6 heteroatoms. The summed E-state index contributed by atoms with van der Waals surface area (Å²) >= 11 is 21.0. The Balaban J connectivity index is 4.17. The van der Waals surface area contributed by atoms with Crippen LogP contribution < -0.4 is 0 Å². The normalized spacial score (nSPS) is 12.1. The van der Waals surface area contributed by atoms with Gasteiger partial charge in [0, 0.05) is 0 Å². The van der Waals surface area contributed by atoms with Gasteiger partial charge >= 0.3 is 5.97 Å². The SMILES string of the molecule is CC(Cl)OC(=O)C(Cl)=C(Cl)Cl. The van der Waals surface area contributed by atoms with E-state index in [1.54, 1.807) is 0 Å². The molecule has 0 N–H and O–H groups in total. The first-order valence-electron chi connectivity index (χ1n) is 2.51. The summed E-state index contributed by atoms with van der Waals surface area (Å²) < 4.78 is 4.10. The van der Waals surface area contributed by atoms with Crippen molar-refractivity contribution in [3.05, 3.63) is 9.52 Å². The molecule has 0 bridgehead atoms. The average molecular weight is 238 g/mol. The first-order chi connectivity index (χ1) is 4.95. The number of carbonyl (C=O) groups excluding carboxylic acids is 1. The van der Waals surface area contributed by atoms with Crippen LogP contribution >= 0.6 is 46.4 Å². The van der Waals surface area contributed by atoms with Crippen LogP contribution in [-0.4, -0.2) is 11.5 Å². The van der Waals surface area contributed by atoms with Crippen molar-refractivity contribution < 1.29 is 9.53 Å². The number of alkyl halides is 1. The third-order valence-corrected chi connectivity index (χ3v) is 1.62. The third-order valence-electron chi connectivity index (χ3n) is 0.615. The zero-order valence-corrected chi connectivity index (χ0v) is 8.43. The van der Waals surface area contributed by atoms with Crippen molar-refractivity contribution in [1.82, 2.24) is 0 Å². The molecule has 0 spiro atoms. The first kappa shape index (κ1) is 11.4. The minimum atomic E-state index is -0.839. The highest BCUT2D eigenvalue weighted by molar-refractivity contribution is 6.62. The fourth-order valence-corrected chi connectivity index (χ4v) is 0.556. The second kappa shape index (κ2) is 5.09. The summed E-state index contributed by atoms with van der Waals surface area (Å²) in [6.45, 7) is 1.46. The summed E-state index contributed by atoms with van der Waals surface area (Å²) in [5.74, 6) is -0.839. The topological polar surface area (TPSA) is 26.3 Å². The van der Waals surface area contributed by atoms with Gasteiger partial charge in [0.25, 0.3) is 0 Å². The highest BCUT2D eigenvalue weighted by Crippen LogP contribution is 2.19. The molecule has 0 aliphatic carbocycles. The van der Waals surface area contributed by atoms with Gasteiger partial charge in [0.1, 0.15) is 4.49 Å². The second-order valence-corrected chi connectivity index (χ2v) is 3.46. The maximum atomic E-state index is 10.7. The van der Waals surface area contributed by atoms with Gasteiger partial charge < -0.3 is 4.74 Å². The van der Waals surface area contributed by atoms with Gasteiger partial charge in [-0.1, -0.05) is 46.4 Å². The fourth-order valence-electron chi connectivity index (χ4n) is 0.276. The van der Waals surface area contributed by atoms with E-state index >= 15 is 0 Å². The Morgan fingerprint density at radius 2 is 1.82 bits per heavy atom. The number of hydrogen-bond donors (Lipinski definition) is 0. The van der Waals surface area contributed by atoms with Crippen LogP contribution in [0.15, 0.2) is 9.52 Å². The molecule has 0 aromatic rings. The molecule has 1 unspecified atom stereocenters. The van der Waals surface area contributed by atoms with Crippen LogP contribution in [0.1, 0.15) is 6.92 Å². The Bertz CT molecular complexity index is 183. The summed E-state index contributed by atoms with van der Waals surface area (Å²) in [5, 5.41) is -0.374. The number of rotatable bonds is 2. The number of esters is 1. The van der Waals surface area contributed by atoms with E-state index in [0.717, 1.165) is 0 Å². The van der Waals surface area contributed by atoms with Gasteiger partial charge in [0.2, 0.25) is 0 Å². The van der Waals surface area contributed by atoms with Crippen molar-refractivity contribution in [2.75, 3.05) is 0 Å². The van der Waals surface area contributed by atoms with E-state index < -0.39 is 11.5 Å². The molecule has 1 atom stereocenters. The largest absolute Gasteiger partial charge is 0.442 e. The highest BCUT2D eigenvalue weighted by atomic mass is 35.5. The Hall–Kier alpha value is 0.370. The van der Waals surface area contributed by atoms with Crippen LogP contribution in [0.25, 0.3) is 0 Å². The zero-order chi connectivity index (χ0) is 9.02. The van der Waals surface area contributed by atoms with Crippen LogP contribution in [0.2, 0.25) is 0 Å². The average Bonchev–Trinajstić information content (AvgIpc) is 1.84. The quantitative estimate of drug-likeness (QED) is 0.419. The Kier molecular flexibility index (Phi) is 5.26. The predicted molar refractivity (Wildman–Crippen MR) is 46.0 cm³/mol. The van der Waals surface area contributed by atoms with E-state index in [1.807, 2.05) is 0 Å². The molecule has 2 nitrogen and oxygen atoms in total. The Morgan fingerprint density at radius 1 is 1.36 bits per heavy atom. The van der Waals surface area contributed by atoms with Crippen molar-refractivity contribution in [1.29, 1.82) is 0 Å². The molecular formula is C5H4Cl4O2. The van der Waals surface area contributed by atoms with Gasteiger partial charge in [0.05, 0.1) is 0 Å². The van der Waals surface area contributed by atoms with E-state index in [0.29, 0.717) is 0 Å². The summed E-state index contributed by atoms with van der Waals surface area (Å²) in [6, 6.07) is 0. The predicted octanol–water partition coefficient (Wildman–Crippen LogP) is 3.00. The van der Waals surface area contributed by atoms with Gasteiger partial charge in [-0.25, -0.2) is 4.79 Å². The standard InChI is InChI=1S/C5H4Cl4O2/c1-2(6)11-5(10)3(7)4(8)9/h2H,1H3. The smallest absolute Gasteiger partial charge is 0.353 e. The first-order valence-corrected chi connectivity index (χ1v) is 4.08. The molecule has 0 aliphatic rings. The van der Waals surface area contributed by atoms with Gasteiger partial charge in [-0.3, -0.25) is 0 Å². The van der Waals surface area contributed by atoms with E-state index in [2.05, 4.69) is 4.74 Å². The maximum absolute atomic E-state index is 10.7. The molecular weight excluding hydrogens is 234 g/mol. The van der Waals surface area contributed by atoms with Crippen LogP contribution in [0.5, 0.6) is 0 Å². The van der Waals surface area contributed by atoms with E-state index in [4.69, 9.17) is 46.4 Å². The Morgan fingerprint density at radius 3 is 2.09 bits per heavy atom. The number of ether oxygens (including phenoxy) is 1. The van der Waals surface area contributed by atoms with Gasteiger partial charge in [-0.05, 0) is 6.92 Å². The highest BCUT2D eigenvalue weighted by Gasteiger charge is 2.14. The minimum absolute atomic E-state index is 0.339. The number of halogens is 4. The molecule has 0 fully saturated rings. The summed E-state index contributed by atoms with van der Waals surface area (Å²) in [4.78, 5) is 10.7. The van der Waals surface area contributed by atoms with E-state index in [9.17, 15) is 4.79 Å². The summed E-state index contributed by atoms with van der Waals surface area (Å²) in [7, 11) is 0. The van der Waals surface area contributed by atoms with Gasteiger partial charge in [-0.15, -0.1) is 0 Å². The molecule has 0 saturated carbocycles. The van der Waals surface area contributed by atoms with Gasteiger partial charge in [0.15, 0.2) is 10.6 Å². The second-order valence-electron chi connectivity index (χ2n) is 1.52. The van der Waals surface area contributed by atoms with Crippen LogP contribution in [-0.2, 0) is 9.53 Å². The number of hydrogen-bond acceptors (Lipinski definition) is 2. The van der Waals surface area contributed by atoms with Crippen LogP contribution in [0.3, 0.4) is 0 Å². The monoisotopic (exact) mass is 236 g/mol. The van der Waals surface area contributed by atoms with Crippen LogP contribution in [0.4, 0.5) is 0 Å². The molecule has 11 heavy (non-hydrogen) atoms. The third kappa shape index (κ3) is 4.75. The van der Waals surface area contributed by atoms with Crippen molar-refractivity contribution in [3.63, 3.8) is 0 Å². The zero-order valence-electron chi connectivity index (χ0n) is 5.41. The molecule has 0 heterocycles. The molecule has 0 rings (SSSR count). The molecule has 0 saturated heterocycles. The molecule has 0 radical (unpaired) electrons. The van der Waals surface area contributed by atoms with Crippen molar-refractivity contribution in [3.8, 4) is 0 Å². The molecule has 0 amide bonds. The van der Waals surface area contributed by atoms with E-state index in [-0.39, 0.29) is 9.52 Å². The number of carbonyl (C=O) groups is 1. The lowest BCUT2D eigenvalue weighted by Gasteiger charge is -2.04. The minimum Gasteiger partial charge on any atom is -0.442 e. The molecule has 0 aliphatic heterocycles. The van der Waals surface area contributed by atoms with Crippen LogP contribution in [0, 0.1) is 0 Å². The van der Waals surface area contributed by atoms with E-state index in [1.165, 1.54) is 6.92 Å². The maximum Gasteiger partial charge on any atom is 0.353 e. The summed E-state index contributed by atoms with van der Waals surface area (Å²) in [6.07, 6.45) is 0. The van der Waals surface area contributed by atoms with Crippen molar-refractivity contribution in [2.24, 2.45) is 0 Å². The molecule has 0 aromatic carbocycles. The summed E-state index contributed by atoms with van der Waals surface area (Å²) in [5.41, 5.74) is -0.760. The lowest BCUT2D eigenvalue weighted by molar-refractivity contribution is -0.139. The molecule has 0 aromatic heterocycles. The fraction of sp³-hybridized carbons (Fsp3) is 0.400. The van der Waals surface area contributed by atoms with Crippen molar-refractivity contribution in [2.45, 2.75) is 12.5 Å². The lowest BCUT2D eigenvalue weighted by atomic mass is 10.6. The van der Waals surface area contributed by atoms with Gasteiger partial charge in [-0.2, -0.15) is 0 Å². The Labute approximate surface area is 84.0 Å². The lowest BCUT2D eigenvalue weighted by Crippen LogP contribution is -2.09. The molecule has 64 valence electrons. The van der Waals surface area contributed by atoms with Crippen molar-refractivity contribution >= 4 is 52.4 Å².